The highest BCUT2D eigenvalue weighted by atomic mass is 16.3. The van der Waals surface area contributed by atoms with Crippen molar-refractivity contribution >= 4 is 5.91 Å². The Morgan fingerprint density at radius 2 is 1.75 bits per heavy atom. The van der Waals surface area contributed by atoms with Crippen molar-refractivity contribution in [3.63, 3.8) is 0 Å². The number of carbonyl (C=O) groups excluding carboxylic acids is 1. The molecule has 0 aromatic carbocycles. The molecular weight excluding hydrogens is 154 g/mol. The number of rotatable bonds is 2. The van der Waals surface area contributed by atoms with Crippen molar-refractivity contribution in [1.82, 2.24) is 5.32 Å². The molecule has 0 spiro atoms. The molecule has 0 heterocycles. The van der Waals surface area contributed by atoms with Gasteiger partial charge in [0.2, 0.25) is 5.91 Å². The van der Waals surface area contributed by atoms with Gasteiger partial charge in [0, 0.05) is 6.04 Å². The lowest BCUT2D eigenvalue weighted by molar-refractivity contribution is -0.135. The smallest absolute Gasteiger partial charge is 0.249 e. The third-order valence-electron chi connectivity index (χ3n) is 1.50. The van der Waals surface area contributed by atoms with Crippen molar-refractivity contribution in [3.8, 4) is 0 Å². The van der Waals surface area contributed by atoms with Crippen molar-refractivity contribution < 1.29 is 9.90 Å². The number of aliphatic hydroxyl groups excluding tert-OH is 1. The highest BCUT2D eigenvalue weighted by Crippen LogP contribution is 2.18. The van der Waals surface area contributed by atoms with Gasteiger partial charge in [0.1, 0.15) is 6.10 Å². The third kappa shape index (κ3) is 3.72. The highest BCUT2D eigenvalue weighted by Gasteiger charge is 2.28. The maximum absolute atomic E-state index is 11.2. The Labute approximate surface area is 74.2 Å². The molecule has 1 atom stereocenters. The first kappa shape index (κ1) is 11.4. The molecule has 1 amide bonds. The highest BCUT2D eigenvalue weighted by molar-refractivity contribution is 5.81. The van der Waals surface area contributed by atoms with Crippen LogP contribution in [0.2, 0.25) is 0 Å². The third-order valence-corrected chi connectivity index (χ3v) is 1.50. The van der Waals surface area contributed by atoms with Crippen LogP contribution in [0.15, 0.2) is 0 Å². The second-order valence-electron chi connectivity index (χ2n) is 4.43. The number of nitrogens with one attached hydrogen (secondary N) is 1. The Kier molecular flexibility index (Phi) is 3.71. The van der Waals surface area contributed by atoms with E-state index in [-0.39, 0.29) is 17.4 Å². The lowest BCUT2D eigenvalue weighted by Crippen LogP contribution is -2.44. The second-order valence-corrected chi connectivity index (χ2v) is 4.43. The average Bonchev–Trinajstić information content (AvgIpc) is 1.82. The van der Waals surface area contributed by atoms with Gasteiger partial charge in [0.25, 0.3) is 0 Å². The maximum atomic E-state index is 11.2. The molecule has 0 fully saturated rings. The first-order valence-electron chi connectivity index (χ1n) is 4.23. The zero-order valence-corrected chi connectivity index (χ0v) is 8.51. The molecule has 0 rings (SSSR count). The van der Waals surface area contributed by atoms with E-state index in [0.29, 0.717) is 0 Å². The molecule has 0 saturated heterocycles. The van der Waals surface area contributed by atoms with Crippen molar-refractivity contribution in [3.05, 3.63) is 0 Å². The summed E-state index contributed by atoms with van der Waals surface area (Å²) in [7, 11) is 0. The lowest BCUT2D eigenvalue weighted by atomic mass is 9.88. The molecule has 12 heavy (non-hydrogen) atoms. The summed E-state index contributed by atoms with van der Waals surface area (Å²) >= 11 is 0. The van der Waals surface area contributed by atoms with E-state index in [4.69, 9.17) is 0 Å². The molecule has 0 aliphatic heterocycles. The van der Waals surface area contributed by atoms with Gasteiger partial charge in [0.05, 0.1) is 0 Å². The van der Waals surface area contributed by atoms with Crippen LogP contribution in [0.1, 0.15) is 34.6 Å². The number of carbonyl (C=O) groups is 1. The summed E-state index contributed by atoms with van der Waals surface area (Å²) in [6.45, 7) is 9.23. The van der Waals surface area contributed by atoms with Gasteiger partial charge < -0.3 is 10.4 Å². The largest absolute Gasteiger partial charge is 0.383 e. The van der Waals surface area contributed by atoms with Gasteiger partial charge in [-0.1, -0.05) is 20.8 Å². The summed E-state index contributed by atoms with van der Waals surface area (Å²) in [5.74, 6) is -0.294. The van der Waals surface area contributed by atoms with Crippen LogP contribution in [0, 0.1) is 5.41 Å². The molecule has 3 heteroatoms. The quantitative estimate of drug-likeness (QED) is 0.652. The van der Waals surface area contributed by atoms with Gasteiger partial charge in [-0.05, 0) is 19.3 Å². The first-order valence-corrected chi connectivity index (χ1v) is 4.23. The van der Waals surface area contributed by atoms with E-state index in [0.717, 1.165) is 0 Å². The molecule has 0 bridgehead atoms. The fourth-order valence-electron chi connectivity index (χ4n) is 0.757. The minimum Gasteiger partial charge on any atom is -0.383 e. The van der Waals surface area contributed by atoms with E-state index < -0.39 is 6.10 Å². The van der Waals surface area contributed by atoms with E-state index in [2.05, 4.69) is 5.32 Å². The second kappa shape index (κ2) is 3.90. The van der Waals surface area contributed by atoms with Crippen LogP contribution in [-0.2, 0) is 4.79 Å². The van der Waals surface area contributed by atoms with Crippen LogP contribution < -0.4 is 5.32 Å². The van der Waals surface area contributed by atoms with Crippen LogP contribution in [0.5, 0.6) is 0 Å². The van der Waals surface area contributed by atoms with Gasteiger partial charge >= 0.3 is 0 Å². The molecule has 0 aliphatic rings. The standard InChI is InChI=1S/C9H19NO2/c1-6(2)10-8(12)7(11)9(3,4)5/h6-7,11H,1-5H3,(H,10,12)/t7-/m1/s1. The van der Waals surface area contributed by atoms with Crippen molar-refractivity contribution in [2.24, 2.45) is 5.41 Å². The van der Waals surface area contributed by atoms with Crippen LogP contribution in [0.25, 0.3) is 0 Å². The molecular formula is C9H19NO2. The van der Waals surface area contributed by atoms with Crippen LogP contribution >= 0.6 is 0 Å². The van der Waals surface area contributed by atoms with Crippen molar-refractivity contribution in [1.29, 1.82) is 0 Å². The SMILES string of the molecule is CC(C)NC(=O)[C@@H](O)C(C)(C)C. The fourth-order valence-corrected chi connectivity index (χ4v) is 0.757. The summed E-state index contributed by atoms with van der Waals surface area (Å²) < 4.78 is 0. The lowest BCUT2D eigenvalue weighted by Gasteiger charge is -2.25. The number of hydrogen-bond acceptors (Lipinski definition) is 2. The van der Waals surface area contributed by atoms with Gasteiger partial charge in [0.15, 0.2) is 0 Å². The van der Waals surface area contributed by atoms with E-state index in [1.54, 1.807) is 0 Å². The van der Waals surface area contributed by atoms with Crippen LogP contribution in [0.3, 0.4) is 0 Å². The Bertz CT molecular complexity index is 158. The zero-order valence-electron chi connectivity index (χ0n) is 8.51. The van der Waals surface area contributed by atoms with Crippen LogP contribution in [0.4, 0.5) is 0 Å². The molecule has 0 unspecified atom stereocenters. The monoisotopic (exact) mass is 173 g/mol. The number of hydrogen-bond donors (Lipinski definition) is 2. The summed E-state index contributed by atoms with van der Waals surface area (Å²) in [6.07, 6.45) is -0.931. The molecule has 2 N–H and O–H groups in total. The van der Waals surface area contributed by atoms with Crippen LogP contribution in [-0.4, -0.2) is 23.2 Å². The molecule has 0 saturated carbocycles. The van der Waals surface area contributed by atoms with E-state index >= 15 is 0 Å². The van der Waals surface area contributed by atoms with Gasteiger partial charge in [-0.25, -0.2) is 0 Å². The van der Waals surface area contributed by atoms with Gasteiger partial charge in [-0.3, -0.25) is 4.79 Å². The minimum absolute atomic E-state index is 0.0782. The van der Waals surface area contributed by atoms with Crippen molar-refractivity contribution in [2.45, 2.75) is 46.8 Å². The maximum Gasteiger partial charge on any atom is 0.249 e. The number of amides is 1. The molecule has 72 valence electrons. The molecule has 0 aromatic heterocycles. The fraction of sp³-hybridized carbons (Fsp3) is 0.889. The predicted octanol–water partition coefficient (Wildman–Crippen LogP) is 0.918. The summed E-state index contributed by atoms with van der Waals surface area (Å²) in [5, 5.41) is 12.2. The van der Waals surface area contributed by atoms with E-state index in [9.17, 15) is 9.90 Å². The average molecular weight is 173 g/mol. The molecule has 0 radical (unpaired) electrons. The Morgan fingerprint density at radius 1 is 1.33 bits per heavy atom. The van der Waals surface area contributed by atoms with Gasteiger partial charge in [-0.15, -0.1) is 0 Å². The topological polar surface area (TPSA) is 49.3 Å². The zero-order chi connectivity index (χ0) is 9.94. The summed E-state index contributed by atoms with van der Waals surface area (Å²) in [6, 6.07) is 0.0782. The Balaban J connectivity index is 4.12. The van der Waals surface area contributed by atoms with E-state index in [1.165, 1.54) is 0 Å². The molecule has 0 aromatic rings. The minimum atomic E-state index is -0.931. The predicted molar refractivity (Wildman–Crippen MR) is 48.7 cm³/mol. The van der Waals surface area contributed by atoms with Gasteiger partial charge in [-0.2, -0.15) is 0 Å². The molecule has 0 aliphatic carbocycles. The Hall–Kier alpha value is -0.570. The molecule has 3 nitrogen and oxygen atoms in total. The Morgan fingerprint density at radius 3 is 2.00 bits per heavy atom. The number of aliphatic hydroxyl groups is 1. The first-order chi connectivity index (χ1) is 5.25. The summed E-state index contributed by atoms with van der Waals surface area (Å²) in [4.78, 5) is 11.2. The van der Waals surface area contributed by atoms with Crippen molar-refractivity contribution in [2.75, 3.05) is 0 Å². The van der Waals surface area contributed by atoms with E-state index in [1.807, 2.05) is 34.6 Å². The normalized spacial score (nSPS) is 14.6. The summed E-state index contributed by atoms with van der Waals surface area (Å²) in [5.41, 5.74) is -0.390.